The van der Waals surface area contributed by atoms with Crippen LogP contribution in [0.4, 0.5) is 18.3 Å². The number of anilines is 1. The van der Waals surface area contributed by atoms with E-state index in [1.807, 2.05) is 6.92 Å². The molecule has 2 aliphatic rings. The Balaban J connectivity index is 1.68. The van der Waals surface area contributed by atoms with Gasteiger partial charge >= 0.3 is 6.18 Å². The number of alkyl halides is 3. The zero-order valence-electron chi connectivity index (χ0n) is 11.6. The molecule has 0 bridgehead atoms. The molecule has 1 N–H and O–H groups in total. The normalized spacial score (nSPS) is 27.5. The molecule has 1 aliphatic heterocycles. The smallest absolute Gasteiger partial charge is 0.363 e. The molecule has 2 fully saturated rings. The van der Waals surface area contributed by atoms with Gasteiger partial charge in [0.1, 0.15) is 0 Å². The molecule has 1 saturated heterocycles. The maximum atomic E-state index is 12.8. The molecule has 1 amide bonds. The molecule has 2 atom stereocenters. The Bertz CT molecular complexity index is 573. The van der Waals surface area contributed by atoms with Gasteiger partial charge in [-0.3, -0.25) is 10.1 Å². The number of aromatic nitrogens is 2. The van der Waals surface area contributed by atoms with Gasteiger partial charge in [0, 0.05) is 16.9 Å². The van der Waals surface area contributed by atoms with Crippen molar-refractivity contribution in [3.63, 3.8) is 0 Å². The number of carbonyl (C=O) groups excluding carboxylic acids is 1. The monoisotopic (exact) mass is 337 g/mol. The van der Waals surface area contributed by atoms with Crippen molar-refractivity contribution >= 4 is 22.6 Å². The second kappa shape index (κ2) is 5.43. The van der Waals surface area contributed by atoms with E-state index in [0.29, 0.717) is 5.82 Å². The predicted octanol–water partition coefficient (Wildman–Crippen LogP) is 1.87. The fraction of sp³-hybridized carbons (Fsp3) is 0.750. The highest BCUT2D eigenvalue weighted by molar-refractivity contribution is 7.09. The van der Waals surface area contributed by atoms with Crippen molar-refractivity contribution in [1.29, 1.82) is 0 Å². The molecule has 1 aromatic rings. The maximum Gasteiger partial charge on any atom is 0.417 e. The van der Waals surface area contributed by atoms with Crippen molar-refractivity contribution in [3.05, 3.63) is 5.82 Å². The third-order valence-corrected chi connectivity index (χ3v) is 4.36. The van der Waals surface area contributed by atoms with Crippen molar-refractivity contribution < 1.29 is 27.4 Å². The molecular weight excluding hydrogens is 323 g/mol. The van der Waals surface area contributed by atoms with Crippen LogP contribution in [-0.2, 0) is 19.7 Å². The van der Waals surface area contributed by atoms with E-state index in [1.165, 1.54) is 0 Å². The number of ether oxygens (including phenoxy) is 2. The van der Waals surface area contributed by atoms with Gasteiger partial charge in [-0.15, -0.1) is 0 Å². The van der Waals surface area contributed by atoms with Crippen LogP contribution < -0.4 is 5.32 Å². The third kappa shape index (κ3) is 3.08. The summed E-state index contributed by atoms with van der Waals surface area (Å²) in [6, 6.07) is 0. The van der Waals surface area contributed by atoms with Crippen molar-refractivity contribution in [2.75, 3.05) is 18.5 Å². The summed E-state index contributed by atoms with van der Waals surface area (Å²) in [5.41, 5.74) is -0.0710. The summed E-state index contributed by atoms with van der Waals surface area (Å²) in [7, 11) is 0. The lowest BCUT2D eigenvalue weighted by atomic mass is 10.1. The van der Waals surface area contributed by atoms with Crippen LogP contribution in [0.5, 0.6) is 0 Å². The van der Waals surface area contributed by atoms with Crippen LogP contribution in [0, 0.1) is 0 Å². The Labute approximate surface area is 128 Å². The molecule has 1 aliphatic carbocycles. The summed E-state index contributed by atoms with van der Waals surface area (Å²) in [5, 5.41) is 2.50. The molecule has 22 heavy (non-hydrogen) atoms. The zero-order valence-corrected chi connectivity index (χ0v) is 12.5. The topological polar surface area (TPSA) is 73.3 Å². The van der Waals surface area contributed by atoms with E-state index in [0.717, 1.165) is 24.4 Å². The number of amides is 1. The van der Waals surface area contributed by atoms with Gasteiger partial charge in [-0.1, -0.05) is 6.92 Å². The van der Waals surface area contributed by atoms with Crippen molar-refractivity contribution in [2.45, 2.75) is 43.6 Å². The van der Waals surface area contributed by atoms with E-state index in [9.17, 15) is 18.0 Å². The van der Waals surface area contributed by atoms with Gasteiger partial charge in [0.05, 0.1) is 13.2 Å². The SMILES string of the molecule is CC1(c2nsc(NC(=O)[C@@H]3OCCO[C@@H]3C(F)(F)F)n2)CC1. The van der Waals surface area contributed by atoms with Gasteiger partial charge in [-0.2, -0.15) is 17.5 Å². The summed E-state index contributed by atoms with van der Waals surface area (Å²) < 4.78 is 52.3. The maximum absolute atomic E-state index is 12.8. The average Bonchev–Trinajstić information content (AvgIpc) is 3.03. The molecule has 2 heterocycles. The largest absolute Gasteiger partial charge is 0.417 e. The third-order valence-electron chi connectivity index (χ3n) is 3.73. The highest BCUT2D eigenvalue weighted by Crippen LogP contribution is 2.46. The first-order valence-corrected chi connectivity index (χ1v) is 7.52. The molecule has 1 aromatic heterocycles. The number of nitrogens with one attached hydrogen (secondary N) is 1. The van der Waals surface area contributed by atoms with Crippen molar-refractivity contribution in [3.8, 4) is 0 Å². The Morgan fingerprint density at radius 1 is 1.36 bits per heavy atom. The van der Waals surface area contributed by atoms with Crippen LogP contribution in [0.15, 0.2) is 0 Å². The van der Waals surface area contributed by atoms with Crippen LogP contribution in [-0.4, -0.2) is 46.9 Å². The van der Waals surface area contributed by atoms with Crippen molar-refractivity contribution in [2.24, 2.45) is 0 Å². The number of hydrogen-bond donors (Lipinski definition) is 1. The highest BCUT2D eigenvalue weighted by Gasteiger charge is 2.51. The molecule has 122 valence electrons. The second-order valence-electron chi connectivity index (χ2n) is 5.60. The summed E-state index contributed by atoms with van der Waals surface area (Å²) in [6.07, 6.45) is -6.75. The first-order valence-electron chi connectivity index (χ1n) is 6.75. The van der Waals surface area contributed by atoms with Gasteiger partial charge in [-0.05, 0) is 12.8 Å². The Kier molecular flexibility index (Phi) is 3.86. The van der Waals surface area contributed by atoms with Gasteiger partial charge in [0.25, 0.3) is 5.91 Å². The van der Waals surface area contributed by atoms with Crippen molar-refractivity contribution in [1.82, 2.24) is 9.36 Å². The quantitative estimate of drug-likeness (QED) is 0.912. The molecule has 0 unspecified atom stereocenters. The number of rotatable bonds is 3. The van der Waals surface area contributed by atoms with Gasteiger partial charge < -0.3 is 9.47 Å². The van der Waals surface area contributed by atoms with Crippen LogP contribution in [0.1, 0.15) is 25.6 Å². The molecule has 0 aromatic carbocycles. The molecule has 0 spiro atoms. The Morgan fingerprint density at radius 2 is 2.05 bits per heavy atom. The summed E-state index contributed by atoms with van der Waals surface area (Å²) >= 11 is 0.947. The minimum absolute atomic E-state index is 0.0654. The fourth-order valence-corrected chi connectivity index (χ4v) is 2.82. The first kappa shape index (κ1) is 15.6. The molecule has 0 radical (unpaired) electrons. The highest BCUT2D eigenvalue weighted by atomic mass is 32.1. The number of hydrogen-bond acceptors (Lipinski definition) is 6. The Hall–Kier alpha value is -1.26. The lowest BCUT2D eigenvalue weighted by Crippen LogP contribution is -2.53. The minimum atomic E-state index is -4.67. The first-order chi connectivity index (χ1) is 10.3. The lowest BCUT2D eigenvalue weighted by molar-refractivity contribution is -0.271. The number of nitrogens with zero attached hydrogens (tertiary/aromatic N) is 2. The second-order valence-corrected chi connectivity index (χ2v) is 6.35. The summed E-state index contributed by atoms with van der Waals surface area (Å²) in [5.74, 6) is -0.313. The summed E-state index contributed by atoms with van der Waals surface area (Å²) in [6.45, 7) is 1.73. The van der Waals surface area contributed by atoms with Crippen LogP contribution in [0.3, 0.4) is 0 Å². The molecule has 1 saturated carbocycles. The van der Waals surface area contributed by atoms with E-state index in [4.69, 9.17) is 4.74 Å². The summed E-state index contributed by atoms with van der Waals surface area (Å²) in [4.78, 5) is 16.2. The molecule has 6 nitrogen and oxygen atoms in total. The van der Waals surface area contributed by atoms with Crippen LogP contribution >= 0.6 is 11.5 Å². The fourth-order valence-electron chi connectivity index (χ4n) is 2.11. The minimum Gasteiger partial charge on any atom is -0.363 e. The van der Waals surface area contributed by atoms with E-state index in [-0.39, 0.29) is 23.8 Å². The zero-order chi connectivity index (χ0) is 16.0. The van der Waals surface area contributed by atoms with E-state index < -0.39 is 24.3 Å². The number of carbonyl (C=O) groups is 1. The molecular formula is C12H14F3N3O3S. The van der Waals surface area contributed by atoms with Crippen LogP contribution in [0.2, 0.25) is 0 Å². The Morgan fingerprint density at radius 3 is 2.68 bits per heavy atom. The molecule has 10 heteroatoms. The average molecular weight is 337 g/mol. The molecule has 3 rings (SSSR count). The van der Waals surface area contributed by atoms with E-state index in [2.05, 4.69) is 19.4 Å². The van der Waals surface area contributed by atoms with Gasteiger partial charge in [0.15, 0.2) is 18.0 Å². The van der Waals surface area contributed by atoms with E-state index in [1.54, 1.807) is 0 Å². The van der Waals surface area contributed by atoms with E-state index >= 15 is 0 Å². The standard InChI is InChI=1S/C12H14F3N3O3S/c1-11(2-3-11)9-17-10(22-18-9)16-8(19)6-7(12(13,14)15)21-5-4-20-6/h6-7H,2-5H2,1H3,(H,16,17,18,19)/t6-,7+/m1/s1. The predicted molar refractivity (Wildman–Crippen MR) is 70.7 cm³/mol. The van der Waals surface area contributed by atoms with Gasteiger partial charge in [0.2, 0.25) is 5.13 Å². The van der Waals surface area contributed by atoms with Gasteiger partial charge in [-0.25, -0.2) is 4.98 Å². The number of halogens is 3. The lowest BCUT2D eigenvalue weighted by Gasteiger charge is -2.31. The van der Waals surface area contributed by atoms with Crippen LogP contribution in [0.25, 0.3) is 0 Å².